The lowest BCUT2D eigenvalue weighted by molar-refractivity contribution is -0.123. The molecule has 0 saturated heterocycles. The minimum Gasteiger partial charge on any atom is -0.496 e. The summed E-state index contributed by atoms with van der Waals surface area (Å²) in [6, 6.07) is 17.5. The van der Waals surface area contributed by atoms with Crippen molar-refractivity contribution in [1.82, 2.24) is 10.6 Å². The van der Waals surface area contributed by atoms with E-state index in [4.69, 9.17) is 4.74 Å². The van der Waals surface area contributed by atoms with Gasteiger partial charge in [0.1, 0.15) is 5.75 Å². The standard InChI is InChI=1S/C29H40N2O4/c1-21(2)17-24(19-32)31-27(33)18-22-13-15-29(16-14-22,23-9-5-4-6-10-23)20-30-28(34)25-11-7-8-12-26(25)35-3/h4-12,21-22,24,32H,13-20H2,1-3H3,(H,30,34)(H,31,33). The number of carbonyl (C=O) groups excluding carboxylic acids is 2. The molecule has 1 aliphatic rings. The summed E-state index contributed by atoms with van der Waals surface area (Å²) < 4.78 is 5.36. The second-order valence-corrected chi connectivity index (χ2v) is 10.3. The maximum atomic E-state index is 13.0. The highest BCUT2D eigenvalue weighted by molar-refractivity contribution is 5.97. The van der Waals surface area contributed by atoms with Gasteiger partial charge in [-0.15, -0.1) is 0 Å². The summed E-state index contributed by atoms with van der Waals surface area (Å²) in [6.07, 6.45) is 4.89. The van der Waals surface area contributed by atoms with Gasteiger partial charge in [-0.1, -0.05) is 56.3 Å². The van der Waals surface area contributed by atoms with Gasteiger partial charge in [-0.3, -0.25) is 9.59 Å². The second-order valence-electron chi connectivity index (χ2n) is 10.3. The minimum absolute atomic E-state index is 0.0198. The Bertz CT molecular complexity index is 952. The molecule has 3 rings (SSSR count). The second kappa shape index (κ2) is 12.7. The number of methoxy groups -OCH3 is 1. The number of amides is 2. The molecule has 6 nitrogen and oxygen atoms in total. The fraction of sp³-hybridized carbons (Fsp3) is 0.517. The van der Waals surface area contributed by atoms with Crippen molar-refractivity contribution in [3.63, 3.8) is 0 Å². The molecule has 0 spiro atoms. The zero-order chi connectivity index (χ0) is 25.3. The summed E-state index contributed by atoms with van der Waals surface area (Å²) in [6.45, 7) is 4.68. The highest BCUT2D eigenvalue weighted by Gasteiger charge is 2.38. The molecular weight excluding hydrogens is 440 g/mol. The monoisotopic (exact) mass is 480 g/mol. The van der Waals surface area contributed by atoms with Crippen LogP contribution in [-0.2, 0) is 10.2 Å². The van der Waals surface area contributed by atoms with Crippen LogP contribution in [0.25, 0.3) is 0 Å². The lowest BCUT2D eigenvalue weighted by atomic mass is 9.66. The van der Waals surface area contributed by atoms with E-state index in [1.807, 2.05) is 30.3 Å². The number of benzene rings is 2. The van der Waals surface area contributed by atoms with Gasteiger partial charge in [-0.25, -0.2) is 0 Å². The molecule has 1 saturated carbocycles. The van der Waals surface area contributed by atoms with E-state index in [-0.39, 0.29) is 29.9 Å². The zero-order valence-corrected chi connectivity index (χ0v) is 21.3. The molecule has 2 aromatic rings. The van der Waals surface area contributed by atoms with Crippen LogP contribution in [0.5, 0.6) is 5.75 Å². The number of rotatable bonds is 11. The lowest BCUT2D eigenvalue weighted by Crippen LogP contribution is -2.44. The van der Waals surface area contributed by atoms with Crippen molar-refractivity contribution >= 4 is 11.8 Å². The van der Waals surface area contributed by atoms with Crippen molar-refractivity contribution in [2.24, 2.45) is 11.8 Å². The van der Waals surface area contributed by atoms with Crippen molar-refractivity contribution in [2.75, 3.05) is 20.3 Å². The number of hydrogen-bond acceptors (Lipinski definition) is 4. The van der Waals surface area contributed by atoms with Crippen LogP contribution in [-0.4, -0.2) is 43.2 Å². The van der Waals surface area contributed by atoms with Gasteiger partial charge >= 0.3 is 0 Å². The van der Waals surface area contributed by atoms with E-state index in [9.17, 15) is 14.7 Å². The van der Waals surface area contributed by atoms with Crippen LogP contribution in [0.4, 0.5) is 0 Å². The highest BCUT2D eigenvalue weighted by Crippen LogP contribution is 2.42. The fourth-order valence-corrected chi connectivity index (χ4v) is 5.27. The van der Waals surface area contributed by atoms with Gasteiger partial charge in [0, 0.05) is 18.4 Å². The number of nitrogens with one attached hydrogen (secondary N) is 2. The normalized spacial score (nSPS) is 20.8. The summed E-state index contributed by atoms with van der Waals surface area (Å²) in [5.74, 6) is 1.16. The molecule has 1 unspecified atom stereocenters. The van der Waals surface area contributed by atoms with Crippen LogP contribution < -0.4 is 15.4 Å². The van der Waals surface area contributed by atoms with E-state index in [0.717, 1.165) is 32.1 Å². The predicted octanol–water partition coefficient (Wildman–Crippen LogP) is 4.47. The fourth-order valence-electron chi connectivity index (χ4n) is 5.27. The molecule has 2 amide bonds. The highest BCUT2D eigenvalue weighted by atomic mass is 16.5. The Balaban J connectivity index is 1.64. The number of ether oxygens (including phenoxy) is 1. The largest absolute Gasteiger partial charge is 0.496 e. The molecule has 0 aromatic heterocycles. The van der Waals surface area contributed by atoms with E-state index < -0.39 is 0 Å². The summed E-state index contributed by atoms with van der Waals surface area (Å²) in [7, 11) is 1.57. The number of hydrogen-bond donors (Lipinski definition) is 3. The number of aliphatic hydroxyl groups excluding tert-OH is 1. The molecule has 1 aliphatic carbocycles. The van der Waals surface area contributed by atoms with Gasteiger partial charge in [0.25, 0.3) is 5.91 Å². The van der Waals surface area contributed by atoms with Gasteiger partial charge in [0.05, 0.1) is 25.3 Å². The first kappa shape index (κ1) is 26.7. The Morgan fingerprint density at radius 3 is 2.34 bits per heavy atom. The SMILES string of the molecule is COc1ccccc1C(=O)NCC1(c2ccccc2)CCC(CC(=O)NC(CO)CC(C)C)CC1. The van der Waals surface area contributed by atoms with Gasteiger partial charge in [-0.05, 0) is 61.6 Å². The first-order valence-electron chi connectivity index (χ1n) is 12.7. The van der Waals surface area contributed by atoms with E-state index in [0.29, 0.717) is 36.1 Å². The first-order valence-corrected chi connectivity index (χ1v) is 12.7. The van der Waals surface area contributed by atoms with Crippen molar-refractivity contribution in [3.05, 3.63) is 65.7 Å². The summed E-state index contributed by atoms with van der Waals surface area (Å²) in [5, 5.41) is 15.8. The Morgan fingerprint density at radius 1 is 1.06 bits per heavy atom. The average molecular weight is 481 g/mol. The van der Waals surface area contributed by atoms with Gasteiger partial charge in [0.15, 0.2) is 0 Å². The van der Waals surface area contributed by atoms with Crippen LogP contribution in [0.15, 0.2) is 54.6 Å². The molecule has 0 heterocycles. The number of para-hydroxylation sites is 1. The van der Waals surface area contributed by atoms with Gasteiger partial charge in [-0.2, -0.15) is 0 Å². The molecule has 2 aromatic carbocycles. The van der Waals surface area contributed by atoms with Crippen LogP contribution >= 0.6 is 0 Å². The molecule has 0 aliphatic heterocycles. The summed E-state index contributed by atoms with van der Waals surface area (Å²) >= 11 is 0. The predicted molar refractivity (Wildman–Crippen MR) is 138 cm³/mol. The molecular formula is C29H40N2O4. The quantitative estimate of drug-likeness (QED) is 0.443. The van der Waals surface area contributed by atoms with Crippen LogP contribution in [0.2, 0.25) is 0 Å². The smallest absolute Gasteiger partial charge is 0.255 e. The van der Waals surface area contributed by atoms with Crippen molar-refractivity contribution in [1.29, 1.82) is 0 Å². The molecule has 0 bridgehead atoms. The Labute approximate surface area is 209 Å². The number of aliphatic hydroxyl groups is 1. The van der Waals surface area contributed by atoms with Crippen LogP contribution in [0.3, 0.4) is 0 Å². The maximum Gasteiger partial charge on any atom is 0.255 e. The van der Waals surface area contributed by atoms with Crippen LogP contribution in [0.1, 0.15) is 68.3 Å². The molecule has 6 heteroatoms. The molecule has 3 N–H and O–H groups in total. The van der Waals surface area contributed by atoms with Gasteiger partial charge in [0.2, 0.25) is 5.91 Å². The summed E-state index contributed by atoms with van der Waals surface area (Å²) in [4.78, 5) is 25.6. The Morgan fingerprint density at radius 2 is 1.71 bits per heavy atom. The van der Waals surface area contributed by atoms with Crippen molar-refractivity contribution in [3.8, 4) is 5.75 Å². The van der Waals surface area contributed by atoms with Crippen molar-refractivity contribution < 1.29 is 19.4 Å². The number of carbonyl (C=O) groups is 2. The van der Waals surface area contributed by atoms with Crippen molar-refractivity contribution in [2.45, 2.75) is 63.8 Å². The molecule has 1 fully saturated rings. The topological polar surface area (TPSA) is 87.7 Å². The summed E-state index contributed by atoms with van der Waals surface area (Å²) in [5.41, 5.74) is 1.58. The Hall–Kier alpha value is -2.86. The Kier molecular flexibility index (Phi) is 9.73. The van der Waals surface area contributed by atoms with Crippen LogP contribution in [0, 0.1) is 11.8 Å². The van der Waals surface area contributed by atoms with E-state index in [2.05, 4.69) is 36.6 Å². The zero-order valence-electron chi connectivity index (χ0n) is 21.3. The third-order valence-electron chi connectivity index (χ3n) is 7.20. The molecule has 190 valence electrons. The van der Waals surface area contributed by atoms with Gasteiger partial charge < -0.3 is 20.5 Å². The minimum atomic E-state index is -0.181. The third-order valence-corrected chi connectivity index (χ3v) is 7.20. The molecule has 0 radical (unpaired) electrons. The molecule has 35 heavy (non-hydrogen) atoms. The third kappa shape index (κ3) is 7.31. The van der Waals surface area contributed by atoms with E-state index in [1.165, 1.54) is 5.56 Å². The van der Waals surface area contributed by atoms with E-state index >= 15 is 0 Å². The van der Waals surface area contributed by atoms with E-state index in [1.54, 1.807) is 19.2 Å². The lowest BCUT2D eigenvalue weighted by Gasteiger charge is -2.41. The average Bonchev–Trinajstić information content (AvgIpc) is 2.88. The molecule has 1 atom stereocenters. The maximum absolute atomic E-state index is 13.0. The first-order chi connectivity index (χ1) is 16.9.